The fourth-order valence-electron chi connectivity index (χ4n) is 0.903. The molecule has 10 heavy (non-hydrogen) atoms. The molecule has 0 aromatic rings. The molecule has 1 unspecified atom stereocenters. The van der Waals surface area contributed by atoms with Crippen LogP contribution < -0.4 is 0 Å². The van der Waals surface area contributed by atoms with Gasteiger partial charge in [0.05, 0.1) is 0 Å². The maximum Gasteiger partial charge on any atom is 0.155 e. The largest absolute Gasteiger partial charge is 0.368 e. The van der Waals surface area contributed by atoms with Gasteiger partial charge in [-0.2, -0.15) is 0 Å². The summed E-state index contributed by atoms with van der Waals surface area (Å²) in [5.41, 5.74) is 0. The summed E-state index contributed by atoms with van der Waals surface area (Å²) in [4.78, 5) is 1.95. The molecule has 0 aromatic carbocycles. The minimum Gasteiger partial charge on any atom is -0.368 e. The van der Waals surface area contributed by atoms with Gasteiger partial charge in [0.2, 0.25) is 0 Å². The zero-order valence-corrected chi connectivity index (χ0v) is 6.91. The third kappa shape index (κ3) is 3.82. The van der Waals surface area contributed by atoms with Crippen LogP contribution in [0.3, 0.4) is 0 Å². The maximum atomic E-state index is 8.79. The monoisotopic (exact) mass is 147 g/mol. The van der Waals surface area contributed by atoms with Crippen molar-refractivity contribution in [2.45, 2.75) is 19.6 Å². The minimum atomic E-state index is -1.17. The normalized spacial score (nSPS) is 14.7. The van der Waals surface area contributed by atoms with E-state index in [-0.39, 0.29) is 5.92 Å². The molecule has 0 spiro atoms. The Bertz CT molecular complexity index is 83.7. The summed E-state index contributed by atoms with van der Waals surface area (Å²) in [6.07, 6.45) is -0.372. The number of hydrogen-bond donors (Lipinski definition) is 2. The Balaban J connectivity index is 3.60. The first-order valence-corrected chi connectivity index (χ1v) is 3.58. The van der Waals surface area contributed by atoms with E-state index in [1.165, 1.54) is 0 Å². The predicted molar refractivity (Wildman–Crippen MR) is 40.6 cm³/mol. The second-order valence-corrected chi connectivity index (χ2v) is 2.84. The van der Waals surface area contributed by atoms with Crippen molar-refractivity contribution >= 4 is 0 Å². The average Bonchev–Trinajstić information content (AvgIpc) is 1.81. The van der Waals surface area contributed by atoms with Crippen LogP contribution in [0.25, 0.3) is 0 Å². The topological polar surface area (TPSA) is 43.7 Å². The van der Waals surface area contributed by atoms with Crippen LogP contribution in [-0.4, -0.2) is 42.0 Å². The molecule has 0 bridgehead atoms. The zero-order chi connectivity index (χ0) is 8.15. The molecule has 0 aliphatic heterocycles. The predicted octanol–water partition coefficient (Wildman–Crippen LogP) is -0.115. The van der Waals surface area contributed by atoms with Crippen LogP contribution in [0.1, 0.15) is 13.3 Å². The molecule has 0 aliphatic rings. The van der Waals surface area contributed by atoms with Gasteiger partial charge < -0.3 is 15.1 Å². The van der Waals surface area contributed by atoms with Crippen molar-refractivity contribution in [1.29, 1.82) is 0 Å². The molecule has 3 heteroatoms. The Morgan fingerprint density at radius 1 is 1.30 bits per heavy atom. The number of rotatable bonds is 4. The molecule has 62 valence electrons. The molecule has 0 aromatic heterocycles. The molecule has 0 fully saturated rings. The summed E-state index contributed by atoms with van der Waals surface area (Å²) in [5.74, 6) is -0.0185. The molecule has 2 N–H and O–H groups in total. The highest BCUT2D eigenvalue weighted by Gasteiger charge is 2.14. The third-order valence-corrected chi connectivity index (χ3v) is 1.55. The lowest BCUT2D eigenvalue weighted by Crippen LogP contribution is -2.30. The van der Waals surface area contributed by atoms with Gasteiger partial charge in [0.1, 0.15) is 0 Å². The van der Waals surface area contributed by atoms with Crippen molar-refractivity contribution in [1.82, 2.24) is 4.90 Å². The van der Waals surface area contributed by atoms with Crippen LogP contribution >= 0.6 is 0 Å². The van der Waals surface area contributed by atoms with Gasteiger partial charge in [0, 0.05) is 12.5 Å². The number of nitrogens with zero attached hydrogens (tertiary/aromatic N) is 1. The van der Waals surface area contributed by atoms with E-state index in [4.69, 9.17) is 10.2 Å². The van der Waals surface area contributed by atoms with E-state index < -0.39 is 6.29 Å². The van der Waals surface area contributed by atoms with Crippen LogP contribution in [0.4, 0.5) is 0 Å². The highest BCUT2D eigenvalue weighted by Crippen LogP contribution is 2.06. The maximum absolute atomic E-state index is 8.79. The summed E-state index contributed by atoms with van der Waals surface area (Å²) < 4.78 is 0. The van der Waals surface area contributed by atoms with Gasteiger partial charge >= 0.3 is 0 Å². The number of aliphatic hydroxyl groups is 2. The summed E-state index contributed by atoms with van der Waals surface area (Å²) in [5, 5.41) is 17.6. The van der Waals surface area contributed by atoms with Crippen LogP contribution in [-0.2, 0) is 0 Å². The Labute approximate surface area is 62.3 Å². The van der Waals surface area contributed by atoms with Crippen LogP contribution in [0.2, 0.25) is 0 Å². The molecule has 0 saturated carbocycles. The lowest BCUT2D eigenvalue weighted by atomic mass is 10.1. The van der Waals surface area contributed by atoms with Gasteiger partial charge in [-0.1, -0.05) is 6.92 Å². The third-order valence-electron chi connectivity index (χ3n) is 1.55. The summed E-state index contributed by atoms with van der Waals surface area (Å²) in [6, 6.07) is 0. The highest BCUT2D eigenvalue weighted by atomic mass is 16.5. The molecule has 0 saturated heterocycles. The SMILES string of the molecule is CCC(CN(C)C)C(O)O. The standard InChI is InChI=1S/C7H17NO2/c1-4-6(7(9)10)5-8(2)3/h6-7,9-10H,4-5H2,1-3H3. The number of aliphatic hydroxyl groups excluding tert-OH is 1. The number of hydrogen-bond acceptors (Lipinski definition) is 3. The van der Waals surface area contributed by atoms with E-state index in [9.17, 15) is 0 Å². The van der Waals surface area contributed by atoms with E-state index in [2.05, 4.69) is 0 Å². The molecule has 0 amide bonds. The van der Waals surface area contributed by atoms with Crippen LogP contribution in [0, 0.1) is 5.92 Å². The van der Waals surface area contributed by atoms with Crippen molar-refractivity contribution in [3.05, 3.63) is 0 Å². The first kappa shape index (κ1) is 9.88. The van der Waals surface area contributed by atoms with E-state index >= 15 is 0 Å². The minimum absolute atomic E-state index is 0.0185. The highest BCUT2D eigenvalue weighted by molar-refractivity contribution is 4.60. The fourth-order valence-corrected chi connectivity index (χ4v) is 0.903. The van der Waals surface area contributed by atoms with Crippen LogP contribution in [0.5, 0.6) is 0 Å². The zero-order valence-electron chi connectivity index (χ0n) is 6.91. The quantitative estimate of drug-likeness (QED) is 0.545. The molecule has 0 rings (SSSR count). The summed E-state index contributed by atoms with van der Waals surface area (Å²) in [6.45, 7) is 2.68. The van der Waals surface area contributed by atoms with Crippen molar-refractivity contribution in [2.24, 2.45) is 5.92 Å². The molecular formula is C7H17NO2. The van der Waals surface area contributed by atoms with Crippen molar-refractivity contribution in [2.75, 3.05) is 20.6 Å². The van der Waals surface area contributed by atoms with Gasteiger partial charge in [-0.25, -0.2) is 0 Å². The molecule has 0 aliphatic carbocycles. The van der Waals surface area contributed by atoms with Gasteiger partial charge in [-0.3, -0.25) is 0 Å². The van der Waals surface area contributed by atoms with E-state index in [1.54, 1.807) is 0 Å². The molecule has 0 radical (unpaired) electrons. The Morgan fingerprint density at radius 2 is 1.80 bits per heavy atom. The first-order chi connectivity index (χ1) is 4.57. The fraction of sp³-hybridized carbons (Fsp3) is 1.00. The van der Waals surface area contributed by atoms with E-state index in [1.807, 2.05) is 25.9 Å². The lowest BCUT2D eigenvalue weighted by Gasteiger charge is -2.20. The first-order valence-electron chi connectivity index (χ1n) is 3.58. The summed E-state index contributed by atoms with van der Waals surface area (Å²) >= 11 is 0. The molecular weight excluding hydrogens is 130 g/mol. The Hall–Kier alpha value is -0.120. The van der Waals surface area contributed by atoms with Crippen molar-refractivity contribution in [3.8, 4) is 0 Å². The van der Waals surface area contributed by atoms with Crippen molar-refractivity contribution in [3.63, 3.8) is 0 Å². The van der Waals surface area contributed by atoms with Crippen LogP contribution in [0.15, 0.2) is 0 Å². The Kier molecular flexibility index (Phi) is 4.60. The van der Waals surface area contributed by atoms with E-state index in [0.29, 0.717) is 0 Å². The molecule has 0 heterocycles. The molecule has 3 nitrogen and oxygen atoms in total. The van der Waals surface area contributed by atoms with Gasteiger partial charge in [-0.05, 0) is 20.5 Å². The van der Waals surface area contributed by atoms with Gasteiger partial charge in [-0.15, -0.1) is 0 Å². The second-order valence-electron chi connectivity index (χ2n) is 2.84. The van der Waals surface area contributed by atoms with Gasteiger partial charge in [0.25, 0.3) is 0 Å². The summed E-state index contributed by atoms with van der Waals surface area (Å²) in [7, 11) is 3.84. The molecule has 1 atom stereocenters. The smallest absolute Gasteiger partial charge is 0.155 e. The van der Waals surface area contributed by atoms with Crippen molar-refractivity contribution < 1.29 is 10.2 Å². The Morgan fingerprint density at radius 3 is 1.90 bits per heavy atom. The van der Waals surface area contributed by atoms with E-state index in [0.717, 1.165) is 13.0 Å². The van der Waals surface area contributed by atoms with Gasteiger partial charge in [0.15, 0.2) is 6.29 Å². The second kappa shape index (κ2) is 4.66. The average molecular weight is 147 g/mol. The lowest BCUT2D eigenvalue weighted by molar-refractivity contribution is -0.0893.